The maximum absolute atomic E-state index is 9.54. The van der Waals surface area contributed by atoms with Gasteiger partial charge in [-0.2, -0.15) is 0 Å². The average molecular weight is 481 g/mol. The molecule has 0 amide bonds. The van der Waals surface area contributed by atoms with Gasteiger partial charge in [0.15, 0.2) is 0 Å². The molecular weight excluding hydrogens is 432 g/mol. The normalized spacial score (nSPS) is 20.7. The van der Waals surface area contributed by atoms with Gasteiger partial charge in [0.25, 0.3) is 0 Å². The monoisotopic (exact) mass is 480 g/mol. The molecule has 7 aromatic rings. The second-order valence-corrected chi connectivity index (χ2v) is 7.50. The Morgan fingerprint density at radius 3 is 1.47 bits per heavy atom. The largest absolute Gasteiger partial charge is 0.0636 e. The summed E-state index contributed by atoms with van der Waals surface area (Å²) in [4.78, 5) is 0. The zero-order valence-electron chi connectivity index (χ0n) is 42.0. The summed E-state index contributed by atoms with van der Waals surface area (Å²) in [6, 6.07) is -22.2. The van der Waals surface area contributed by atoms with E-state index < -0.39 is 211 Å². The predicted octanol–water partition coefficient (Wildman–Crippen LogP) is 10.1. The molecule has 0 unspecified atom stereocenters. The Balaban J connectivity index is 1.94. The van der Waals surface area contributed by atoms with E-state index in [-0.39, 0.29) is 0 Å². The Morgan fingerprint density at radius 1 is 0.333 bits per heavy atom. The second kappa shape index (κ2) is 8.52. The fourth-order valence-corrected chi connectivity index (χ4v) is 4.09. The fourth-order valence-electron chi connectivity index (χ4n) is 4.09. The lowest BCUT2D eigenvalue weighted by Crippen LogP contribution is -1.91. The first-order chi connectivity index (χ1) is 27.9. The van der Waals surface area contributed by atoms with E-state index in [1.807, 2.05) is 0 Å². The topological polar surface area (TPSA) is 0 Å². The van der Waals surface area contributed by atoms with E-state index in [2.05, 4.69) is 0 Å². The molecule has 0 nitrogen and oxygen atoms in total. The molecule has 0 atom stereocenters. The maximum atomic E-state index is 9.54. The molecular formula is C36H24. The first kappa shape index (κ1) is 7.66. The average Bonchev–Trinajstić information content (AvgIpc) is 3.22. The predicted molar refractivity (Wildman–Crippen MR) is 155 cm³/mol. The van der Waals surface area contributed by atoms with E-state index >= 15 is 0 Å². The van der Waals surface area contributed by atoms with E-state index in [4.69, 9.17) is 24.7 Å². The highest BCUT2D eigenvalue weighted by Gasteiger charge is 2.17. The van der Waals surface area contributed by atoms with Crippen LogP contribution in [-0.2, 0) is 0 Å². The van der Waals surface area contributed by atoms with E-state index in [1.54, 1.807) is 0 Å². The van der Waals surface area contributed by atoms with Crippen molar-refractivity contribution >= 4 is 32.3 Å². The molecule has 0 fully saturated rings. The molecule has 0 saturated heterocycles. The Labute approximate surface area is 244 Å². The summed E-state index contributed by atoms with van der Waals surface area (Å²) in [5.41, 5.74) is -4.34. The first-order valence-electron chi connectivity index (χ1n) is 22.5. The zero-order chi connectivity index (χ0) is 44.8. The number of rotatable bonds is 3. The summed E-state index contributed by atoms with van der Waals surface area (Å²) < 4.78 is 211. The highest BCUT2D eigenvalue weighted by molar-refractivity contribution is 6.23. The third-order valence-electron chi connectivity index (χ3n) is 5.56. The van der Waals surface area contributed by atoms with Crippen molar-refractivity contribution in [3.8, 4) is 33.4 Å². The Bertz CT molecular complexity index is 3050. The van der Waals surface area contributed by atoms with Gasteiger partial charge in [0.1, 0.15) is 0 Å². The maximum Gasteiger partial charge on any atom is 0.0636 e. The smallest absolute Gasteiger partial charge is 0.0622 e. The lowest BCUT2D eigenvalue weighted by Gasteiger charge is -2.19. The van der Waals surface area contributed by atoms with Crippen LogP contribution < -0.4 is 0 Å². The third-order valence-corrected chi connectivity index (χ3v) is 5.56. The van der Waals surface area contributed by atoms with E-state index in [9.17, 15) is 8.22 Å². The van der Waals surface area contributed by atoms with Crippen molar-refractivity contribution in [3.05, 3.63) is 145 Å². The van der Waals surface area contributed by atoms with Gasteiger partial charge in [-0.3, -0.25) is 0 Å². The molecule has 0 aliphatic carbocycles. The van der Waals surface area contributed by atoms with Crippen molar-refractivity contribution < 1.29 is 32.9 Å². The van der Waals surface area contributed by atoms with Crippen LogP contribution in [0.15, 0.2) is 145 Å². The van der Waals surface area contributed by atoms with E-state index in [1.165, 1.54) is 0 Å². The summed E-state index contributed by atoms with van der Waals surface area (Å²) in [5.74, 6) is 0. The summed E-state index contributed by atoms with van der Waals surface area (Å²) in [6.07, 6.45) is 0. The molecule has 0 aliphatic heterocycles. The second-order valence-electron chi connectivity index (χ2n) is 7.50. The van der Waals surface area contributed by atoms with Crippen LogP contribution >= 0.6 is 0 Å². The molecule has 0 saturated carbocycles. The van der Waals surface area contributed by atoms with Crippen LogP contribution in [-0.4, -0.2) is 0 Å². The minimum atomic E-state index is -0.997. The van der Waals surface area contributed by atoms with Gasteiger partial charge in [-0.25, -0.2) is 0 Å². The van der Waals surface area contributed by atoms with Gasteiger partial charge in [-0.15, -0.1) is 0 Å². The molecule has 0 bridgehead atoms. The zero-order valence-corrected chi connectivity index (χ0v) is 18.0. The summed E-state index contributed by atoms with van der Waals surface area (Å²) in [6.45, 7) is 0. The Hall–Kier alpha value is -4.68. The highest BCUT2D eigenvalue weighted by Crippen LogP contribution is 2.45. The van der Waals surface area contributed by atoms with Crippen LogP contribution in [0.1, 0.15) is 32.9 Å². The summed E-state index contributed by atoms with van der Waals surface area (Å²) in [7, 11) is 0. The molecule has 7 rings (SSSR count). The molecule has 0 heteroatoms. The molecule has 0 heterocycles. The van der Waals surface area contributed by atoms with Gasteiger partial charge in [0.05, 0.1) is 32.9 Å². The lowest BCUT2D eigenvalue weighted by molar-refractivity contribution is 1.64. The number of hydrogen-bond acceptors (Lipinski definition) is 0. The van der Waals surface area contributed by atoms with Crippen LogP contribution in [0.3, 0.4) is 0 Å². The Kier molecular flexibility index (Phi) is 1.81. The van der Waals surface area contributed by atoms with Crippen LogP contribution in [0, 0.1) is 0 Å². The van der Waals surface area contributed by atoms with Crippen molar-refractivity contribution in [3.63, 3.8) is 0 Å². The summed E-state index contributed by atoms with van der Waals surface area (Å²) >= 11 is 0. The highest BCUT2D eigenvalue weighted by atomic mass is 14.2. The minimum Gasteiger partial charge on any atom is -0.0622 e. The number of fused-ring (bicyclic) bond motifs is 3. The van der Waals surface area contributed by atoms with Crippen molar-refractivity contribution in [1.82, 2.24) is 0 Å². The molecule has 0 aromatic heterocycles. The molecule has 7 aromatic carbocycles. The lowest BCUT2D eigenvalue weighted by atomic mass is 9.84. The van der Waals surface area contributed by atoms with Crippen LogP contribution in [0.5, 0.6) is 0 Å². The van der Waals surface area contributed by atoms with Crippen molar-refractivity contribution in [2.45, 2.75) is 0 Å². The molecule has 36 heavy (non-hydrogen) atoms. The van der Waals surface area contributed by atoms with Gasteiger partial charge < -0.3 is 0 Å². The van der Waals surface area contributed by atoms with Crippen LogP contribution in [0.2, 0.25) is 0 Å². The fraction of sp³-hybridized carbons (Fsp3) is 0. The molecule has 0 radical (unpaired) electrons. The van der Waals surface area contributed by atoms with Gasteiger partial charge in [-0.1, -0.05) is 139 Å². The minimum absolute atomic E-state index is 0.653. The number of hydrogen-bond donors (Lipinski definition) is 0. The SMILES string of the molecule is [2H]c1c([2H])c([2H])c(-c2c([2H])c([2H])c3c([2H])c([2H])c([2H])c(-c4c5c([2H])c([2H])c([2H])c([2H])c5c(-c5c([2H])c([2H])c([2H])c([2H])c5[2H])c5c([2H])c([2H])c([2H])c([2H])c45)c3c2[2H])c([2H])c1[2H]. The van der Waals surface area contributed by atoms with Gasteiger partial charge in [0, 0.05) is 0 Å². The summed E-state index contributed by atoms with van der Waals surface area (Å²) in [5, 5.41) is -4.14. The molecule has 0 spiro atoms. The Morgan fingerprint density at radius 2 is 0.861 bits per heavy atom. The molecule has 0 aliphatic rings. The molecule has 168 valence electrons. The number of benzene rings is 7. The van der Waals surface area contributed by atoms with E-state index in [0.29, 0.717) is 0 Å². The first-order valence-corrected chi connectivity index (χ1v) is 10.5. The van der Waals surface area contributed by atoms with Crippen molar-refractivity contribution in [2.75, 3.05) is 0 Å². The van der Waals surface area contributed by atoms with Crippen molar-refractivity contribution in [1.29, 1.82) is 0 Å². The van der Waals surface area contributed by atoms with Gasteiger partial charge in [0.2, 0.25) is 0 Å². The standard InChI is InChI=1S/C36H24/c1-3-12-25(13-4-1)28-23-22-26-16-11-21-33(34(26)24-28)36-31-19-9-7-17-29(31)35(27-14-5-2-6-15-27)30-18-8-10-20-32(30)36/h1-24H/i1D,2D,3D,4D,5D,6D,7D,8D,9D,10D,11D,12D,13D,14D,15D,16D,17D,18D,19D,20D,21D,22D,23D,24D. The quantitative estimate of drug-likeness (QED) is 0.221. The van der Waals surface area contributed by atoms with Gasteiger partial charge in [-0.05, 0) is 71.7 Å². The molecule has 0 N–H and O–H groups in total. The van der Waals surface area contributed by atoms with Crippen molar-refractivity contribution in [2.24, 2.45) is 0 Å². The van der Waals surface area contributed by atoms with Crippen LogP contribution in [0.25, 0.3) is 65.7 Å². The van der Waals surface area contributed by atoms with Gasteiger partial charge >= 0.3 is 0 Å². The third kappa shape index (κ3) is 3.31. The van der Waals surface area contributed by atoms with Crippen LogP contribution in [0.4, 0.5) is 0 Å². The van der Waals surface area contributed by atoms with E-state index in [0.717, 1.165) is 0 Å².